The van der Waals surface area contributed by atoms with Gasteiger partial charge in [-0.25, -0.2) is 4.79 Å². The van der Waals surface area contributed by atoms with E-state index in [4.69, 9.17) is 9.47 Å². The zero-order valence-corrected chi connectivity index (χ0v) is 19.8. The van der Waals surface area contributed by atoms with Crippen molar-refractivity contribution in [1.29, 1.82) is 0 Å². The number of nitrogens with zero attached hydrogens (tertiary/aromatic N) is 2. The molecular weight excluding hydrogens is 472 g/mol. The first-order valence-corrected chi connectivity index (χ1v) is 12.0. The number of phenolic OH excluding ortho intramolecular Hbond substituents is 1. The van der Waals surface area contributed by atoms with Crippen LogP contribution in [0.2, 0.25) is 0 Å². The van der Waals surface area contributed by atoms with E-state index in [1.54, 1.807) is 30.3 Å². The van der Waals surface area contributed by atoms with Gasteiger partial charge in [0.2, 0.25) is 6.79 Å². The summed E-state index contributed by atoms with van der Waals surface area (Å²) in [7, 11) is 0. The molecule has 9 heteroatoms. The zero-order valence-electron chi connectivity index (χ0n) is 19.8. The molecule has 0 saturated heterocycles. The van der Waals surface area contributed by atoms with Crippen molar-refractivity contribution in [3.05, 3.63) is 89.6 Å². The van der Waals surface area contributed by atoms with Crippen molar-refractivity contribution in [3.8, 4) is 28.5 Å². The lowest BCUT2D eigenvalue weighted by atomic mass is 10.1. The fourth-order valence-electron chi connectivity index (χ4n) is 4.27. The molecule has 2 aliphatic rings. The Bertz CT molecular complexity index is 1490. The number of benzene rings is 3. The first kappa shape index (κ1) is 22.7. The number of carbonyl (C=O) groups is 2. The van der Waals surface area contributed by atoms with Crippen LogP contribution in [0, 0.1) is 0 Å². The number of amides is 2. The van der Waals surface area contributed by atoms with Crippen molar-refractivity contribution >= 4 is 17.6 Å². The van der Waals surface area contributed by atoms with Crippen molar-refractivity contribution in [2.24, 2.45) is 0 Å². The molecule has 1 fully saturated rings. The highest BCUT2D eigenvalue weighted by Crippen LogP contribution is 2.42. The van der Waals surface area contributed by atoms with Gasteiger partial charge in [0.1, 0.15) is 5.75 Å². The van der Waals surface area contributed by atoms with Crippen LogP contribution in [0.4, 0.5) is 10.5 Å². The summed E-state index contributed by atoms with van der Waals surface area (Å²) in [5, 5.41) is 20.9. The first-order valence-electron chi connectivity index (χ1n) is 12.0. The van der Waals surface area contributed by atoms with Gasteiger partial charge >= 0.3 is 6.03 Å². The summed E-state index contributed by atoms with van der Waals surface area (Å²) in [4.78, 5) is 25.8. The van der Waals surface area contributed by atoms with Gasteiger partial charge in [0.05, 0.1) is 11.4 Å². The molecule has 1 saturated carbocycles. The maximum atomic E-state index is 13.0. The van der Waals surface area contributed by atoms with Gasteiger partial charge in [-0.1, -0.05) is 30.3 Å². The third kappa shape index (κ3) is 4.71. The molecule has 2 amide bonds. The number of aromatic nitrogens is 2. The normalized spacial score (nSPS) is 13.8. The van der Waals surface area contributed by atoms with Gasteiger partial charge in [-0.2, -0.15) is 9.78 Å². The number of phenols is 1. The number of anilines is 1. The van der Waals surface area contributed by atoms with Crippen molar-refractivity contribution in [2.45, 2.75) is 25.3 Å². The summed E-state index contributed by atoms with van der Waals surface area (Å²) in [6.45, 7) is 0.507. The molecule has 1 aliphatic carbocycles. The molecule has 0 unspecified atom stereocenters. The third-order valence-electron chi connectivity index (χ3n) is 6.38. The number of hydrogen-bond acceptors (Lipinski definition) is 6. The molecule has 0 radical (unpaired) electrons. The van der Waals surface area contributed by atoms with E-state index in [0.717, 1.165) is 24.1 Å². The molecule has 37 heavy (non-hydrogen) atoms. The van der Waals surface area contributed by atoms with Crippen LogP contribution in [0.1, 0.15) is 40.4 Å². The van der Waals surface area contributed by atoms with Gasteiger partial charge < -0.3 is 25.2 Å². The van der Waals surface area contributed by atoms with Gasteiger partial charge in [0.15, 0.2) is 11.5 Å². The van der Waals surface area contributed by atoms with E-state index in [0.29, 0.717) is 40.6 Å². The predicted molar refractivity (Wildman–Crippen MR) is 136 cm³/mol. The van der Waals surface area contributed by atoms with Crippen LogP contribution in [0.25, 0.3) is 11.3 Å². The molecule has 1 aliphatic heterocycles. The monoisotopic (exact) mass is 496 g/mol. The summed E-state index contributed by atoms with van der Waals surface area (Å²) in [6.07, 6.45) is 1.96. The average Bonchev–Trinajstić information content (AvgIpc) is 3.49. The van der Waals surface area contributed by atoms with Gasteiger partial charge in [-0.15, -0.1) is 0 Å². The molecule has 0 atom stereocenters. The quantitative estimate of drug-likeness (QED) is 0.328. The van der Waals surface area contributed by atoms with E-state index in [1.807, 2.05) is 36.4 Å². The molecule has 0 spiro atoms. The zero-order chi connectivity index (χ0) is 25.4. The minimum absolute atomic E-state index is 0.00207. The molecule has 3 N–H and O–H groups in total. The Hall–Kier alpha value is -4.79. The third-order valence-corrected chi connectivity index (χ3v) is 6.38. The summed E-state index contributed by atoms with van der Waals surface area (Å²) >= 11 is 0. The summed E-state index contributed by atoms with van der Waals surface area (Å²) in [6, 6.07) is 20.9. The molecule has 3 aromatic carbocycles. The second-order valence-corrected chi connectivity index (χ2v) is 9.04. The predicted octanol–water partition coefficient (Wildman–Crippen LogP) is 4.87. The molecule has 186 valence electrons. The molecule has 2 heterocycles. The SMILES string of the molecule is O=C(Nc1ccc(O)c(-c2cc(C3CC3)n(C(=O)NCc3ccccc3)n2)c1)c1ccc2c(c1)OCO2. The first-order chi connectivity index (χ1) is 18.0. The van der Waals surface area contributed by atoms with Gasteiger partial charge in [-0.05, 0) is 60.9 Å². The second-order valence-electron chi connectivity index (χ2n) is 9.04. The average molecular weight is 497 g/mol. The van der Waals surface area contributed by atoms with E-state index in [9.17, 15) is 14.7 Å². The van der Waals surface area contributed by atoms with Crippen LogP contribution in [0.3, 0.4) is 0 Å². The fourth-order valence-corrected chi connectivity index (χ4v) is 4.27. The number of fused-ring (bicyclic) bond motifs is 1. The fraction of sp³-hybridized carbons (Fsp3) is 0.179. The highest BCUT2D eigenvalue weighted by molar-refractivity contribution is 6.05. The van der Waals surface area contributed by atoms with Crippen LogP contribution in [-0.4, -0.2) is 33.6 Å². The summed E-state index contributed by atoms with van der Waals surface area (Å²) < 4.78 is 12.0. The Morgan fingerprint density at radius 3 is 2.59 bits per heavy atom. The van der Waals surface area contributed by atoms with Gasteiger partial charge in [0, 0.05) is 29.3 Å². The molecule has 0 bridgehead atoms. The Morgan fingerprint density at radius 2 is 1.78 bits per heavy atom. The Balaban J connectivity index is 1.24. The smallest absolute Gasteiger partial charge is 0.342 e. The lowest BCUT2D eigenvalue weighted by Crippen LogP contribution is -2.30. The lowest BCUT2D eigenvalue weighted by molar-refractivity contribution is 0.102. The molecule has 6 rings (SSSR count). The largest absolute Gasteiger partial charge is 0.507 e. The van der Waals surface area contributed by atoms with Gasteiger partial charge in [-0.3, -0.25) is 4.79 Å². The van der Waals surface area contributed by atoms with E-state index in [2.05, 4.69) is 15.7 Å². The van der Waals surface area contributed by atoms with Crippen LogP contribution in [0.15, 0.2) is 72.8 Å². The van der Waals surface area contributed by atoms with Crippen molar-refractivity contribution < 1.29 is 24.2 Å². The van der Waals surface area contributed by atoms with Crippen LogP contribution in [-0.2, 0) is 6.54 Å². The Kier molecular flexibility index (Phi) is 5.72. The maximum Gasteiger partial charge on any atom is 0.342 e. The summed E-state index contributed by atoms with van der Waals surface area (Å²) in [5.41, 5.74) is 3.55. The standard InChI is InChI=1S/C28H24N4O5/c33-24-10-9-20(30-27(34)19-8-11-25-26(12-19)37-16-36-25)13-21(24)22-14-23(18-6-7-18)32(31-22)28(35)29-15-17-4-2-1-3-5-17/h1-5,8-14,18,33H,6-7,15-16H2,(H,29,35)(H,30,34). The van der Waals surface area contributed by atoms with Crippen molar-refractivity contribution in [2.75, 3.05) is 12.1 Å². The van der Waals surface area contributed by atoms with Crippen LogP contribution >= 0.6 is 0 Å². The van der Waals surface area contributed by atoms with E-state index in [1.165, 1.54) is 10.7 Å². The number of ether oxygens (including phenoxy) is 2. The van der Waals surface area contributed by atoms with E-state index >= 15 is 0 Å². The number of nitrogens with one attached hydrogen (secondary N) is 2. The molecular formula is C28H24N4O5. The minimum Gasteiger partial charge on any atom is -0.507 e. The van der Waals surface area contributed by atoms with E-state index < -0.39 is 0 Å². The molecule has 4 aromatic rings. The number of rotatable bonds is 6. The summed E-state index contributed by atoms with van der Waals surface area (Å²) in [5.74, 6) is 1.03. The van der Waals surface area contributed by atoms with Crippen molar-refractivity contribution in [3.63, 3.8) is 0 Å². The number of hydrogen-bond donors (Lipinski definition) is 3. The molecule has 9 nitrogen and oxygen atoms in total. The maximum absolute atomic E-state index is 13.0. The van der Waals surface area contributed by atoms with E-state index in [-0.39, 0.29) is 30.4 Å². The Morgan fingerprint density at radius 1 is 0.973 bits per heavy atom. The van der Waals surface area contributed by atoms with Crippen molar-refractivity contribution in [1.82, 2.24) is 15.1 Å². The van der Waals surface area contributed by atoms with Crippen LogP contribution < -0.4 is 20.1 Å². The second kappa shape index (κ2) is 9.34. The minimum atomic E-state index is -0.334. The molecule has 1 aromatic heterocycles. The topological polar surface area (TPSA) is 115 Å². The van der Waals surface area contributed by atoms with Crippen LogP contribution in [0.5, 0.6) is 17.2 Å². The highest BCUT2D eigenvalue weighted by atomic mass is 16.7. The number of carbonyl (C=O) groups excluding carboxylic acids is 2. The highest BCUT2D eigenvalue weighted by Gasteiger charge is 2.31. The number of aromatic hydroxyl groups is 1. The lowest BCUT2D eigenvalue weighted by Gasteiger charge is -2.09. The van der Waals surface area contributed by atoms with Gasteiger partial charge in [0.25, 0.3) is 5.91 Å². The Labute approximate surface area is 212 Å².